The van der Waals surface area contributed by atoms with E-state index in [0.717, 1.165) is 12.5 Å². The van der Waals surface area contributed by atoms with Gasteiger partial charge in [-0.1, -0.05) is 34.1 Å². The van der Waals surface area contributed by atoms with E-state index in [4.69, 9.17) is 0 Å². The molecule has 0 spiro atoms. The molecule has 0 heterocycles. The first-order chi connectivity index (χ1) is 7.06. The number of nitrogens with one attached hydrogen (secondary N) is 1. The molecule has 0 aromatic carbocycles. The Labute approximate surface area is 94.5 Å². The largest absolute Gasteiger partial charge is 0.378 e. The molecule has 1 aliphatic carbocycles. The number of aliphatic hydroxyl groups is 1. The highest BCUT2D eigenvalue weighted by molar-refractivity contribution is 4.83. The van der Waals surface area contributed by atoms with Crippen molar-refractivity contribution in [3.05, 3.63) is 0 Å². The molecule has 0 radical (unpaired) electrons. The highest BCUT2D eigenvalue weighted by Crippen LogP contribution is 2.39. The molecule has 0 aromatic heterocycles. The summed E-state index contributed by atoms with van der Waals surface area (Å²) in [4.78, 5) is 0. The molecule has 4 unspecified atom stereocenters. The van der Waals surface area contributed by atoms with Crippen LogP contribution in [0.2, 0.25) is 0 Å². The maximum Gasteiger partial charge on any atom is 0.108 e. The minimum Gasteiger partial charge on any atom is -0.378 e. The van der Waals surface area contributed by atoms with Crippen LogP contribution in [0.1, 0.15) is 47.0 Å². The Hall–Kier alpha value is -0.0800. The Bertz CT molecular complexity index is 181. The van der Waals surface area contributed by atoms with Gasteiger partial charge in [0, 0.05) is 5.92 Å². The number of rotatable bonds is 4. The lowest BCUT2D eigenvalue weighted by atomic mass is 9.69. The zero-order valence-electron chi connectivity index (χ0n) is 10.7. The molecule has 4 atom stereocenters. The molecule has 90 valence electrons. The molecular weight excluding hydrogens is 186 g/mol. The van der Waals surface area contributed by atoms with Crippen LogP contribution in [0.5, 0.6) is 0 Å². The Balaban J connectivity index is 2.61. The first-order valence-corrected chi connectivity index (χ1v) is 6.47. The van der Waals surface area contributed by atoms with Crippen molar-refractivity contribution in [2.75, 3.05) is 6.54 Å². The van der Waals surface area contributed by atoms with Crippen molar-refractivity contribution in [1.29, 1.82) is 0 Å². The molecule has 1 rings (SSSR count). The summed E-state index contributed by atoms with van der Waals surface area (Å²) in [6.45, 7) is 9.79. The normalized spacial score (nSPS) is 34.4. The van der Waals surface area contributed by atoms with Crippen molar-refractivity contribution < 1.29 is 5.11 Å². The summed E-state index contributed by atoms with van der Waals surface area (Å²) >= 11 is 0. The van der Waals surface area contributed by atoms with E-state index in [2.05, 4.69) is 33.0 Å². The van der Waals surface area contributed by atoms with Crippen LogP contribution >= 0.6 is 0 Å². The Morgan fingerprint density at radius 2 is 1.93 bits per heavy atom. The highest BCUT2D eigenvalue weighted by Gasteiger charge is 2.34. The quantitative estimate of drug-likeness (QED) is 0.704. The molecule has 1 aliphatic rings. The van der Waals surface area contributed by atoms with Crippen molar-refractivity contribution in [1.82, 2.24) is 5.32 Å². The van der Waals surface area contributed by atoms with E-state index in [1.54, 1.807) is 0 Å². The average Bonchev–Trinajstić information content (AvgIpc) is 2.17. The third-order valence-electron chi connectivity index (χ3n) is 3.89. The van der Waals surface area contributed by atoms with E-state index in [1.807, 2.05) is 0 Å². The Morgan fingerprint density at radius 3 is 2.47 bits per heavy atom. The second kappa shape index (κ2) is 5.86. The summed E-state index contributed by atoms with van der Waals surface area (Å²) in [6.07, 6.45) is 3.49. The SMILES string of the molecule is CCNC(O)C1CC(C)CCC1C(C)C. The molecule has 1 fully saturated rings. The summed E-state index contributed by atoms with van der Waals surface area (Å²) in [5, 5.41) is 13.3. The average molecular weight is 213 g/mol. The lowest BCUT2D eigenvalue weighted by Crippen LogP contribution is -2.43. The third kappa shape index (κ3) is 3.46. The van der Waals surface area contributed by atoms with Crippen LogP contribution < -0.4 is 5.32 Å². The van der Waals surface area contributed by atoms with Gasteiger partial charge in [0.05, 0.1) is 0 Å². The summed E-state index contributed by atoms with van der Waals surface area (Å²) in [5.41, 5.74) is 0. The van der Waals surface area contributed by atoms with Gasteiger partial charge < -0.3 is 5.11 Å². The summed E-state index contributed by atoms with van der Waals surface area (Å²) < 4.78 is 0. The van der Waals surface area contributed by atoms with Gasteiger partial charge in [0.1, 0.15) is 6.23 Å². The van der Waals surface area contributed by atoms with E-state index in [1.165, 1.54) is 19.3 Å². The molecule has 2 heteroatoms. The predicted molar refractivity (Wildman–Crippen MR) is 64.5 cm³/mol. The van der Waals surface area contributed by atoms with Crippen LogP contribution in [0.25, 0.3) is 0 Å². The predicted octanol–water partition coefficient (Wildman–Crippen LogP) is 2.62. The smallest absolute Gasteiger partial charge is 0.108 e. The minimum absolute atomic E-state index is 0.301. The second-order valence-electron chi connectivity index (χ2n) is 5.49. The second-order valence-corrected chi connectivity index (χ2v) is 5.49. The van der Waals surface area contributed by atoms with Gasteiger partial charge >= 0.3 is 0 Å². The first kappa shape index (κ1) is 13.0. The molecule has 0 aromatic rings. The van der Waals surface area contributed by atoms with E-state index in [9.17, 15) is 5.11 Å². The molecule has 0 bridgehead atoms. The zero-order chi connectivity index (χ0) is 11.4. The Kier molecular flexibility index (Phi) is 5.07. The van der Waals surface area contributed by atoms with E-state index >= 15 is 0 Å². The van der Waals surface area contributed by atoms with Crippen molar-refractivity contribution in [2.24, 2.45) is 23.7 Å². The number of aliphatic hydroxyl groups excluding tert-OH is 1. The van der Waals surface area contributed by atoms with Crippen LogP contribution in [-0.4, -0.2) is 17.9 Å². The Morgan fingerprint density at radius 1 is 1.27 bits per heavy atom. The van der Waals surface area contributed by atoms with Gasteiger partial charge in [-0.05, 0) is 37.1 Å². The fourth-order valence-corrected chi connectivity index (χ4v) is 3.00. The van der Waals surface area contributed by atoms with Gasteiger partial charge in [-0.2, -0.15) is 0 Å². The molecular formula is C13H27NO. The van der Waals surface area contributed by atoms with Crippen LogP contribution in [0.15, 0.2) is 0 Å². The monoisotopic (exact) mass is 213 g/mol. The van der Waals surface area contributed by atoms with E-state index in [0.29, 0.717) is 17.8 Å². The fourth-order valence-electron chi connectivity index (χ4n) is 3.00. The van der Waals surface area contributed by atoms with Crippen molar-refractivity contribution in [3.8, 4) is 0 Å². The zero-order valence-corrected chi connectivity index (χ0v) is 10.7. The molecule has 1 saturated carbocycles. The fraction of sp³-hybridized carbons (Fsp3) is 1.00. The van der Waals surface area contributed by atoms with Crippen molar-refractivity contribution in [3.63, 3.8) is 0 Å². The van der Waals surface area contributed by atoms with Gasteiger partial charge in [0.15, 0.2) is 0 Å². The first-order valence-electron chi connectivity index (χ1n) is 6.47. The standard InChI is InChI=1S/C13H27NO/c1-5-14-13(15)12-8-10(4)6-7-11(12)9(2)3/h9-15H,5-8H2,1-4H3. The number of hydrogen-bond donors (Lipinski definition) is 2. The van der Waals surface area contributed by atoms with Crippen LogP contribution in [0.4, 0.5) is 0 Å². The van der Waals surface area contributed by atoms with E-state index in [-0.39, 0.29) is 6.23 Å². The van der Waals surface area contributed by atoms with Crippen LogP contribution in [-0.2, 0) is 0 Å². The highest BCUT2D eigenvalue weighted by atomic mass is 16.3. The lowest BCUT2D eigenvalue weighted by Gasteiger charge is -2.40. The molecule has 2 nitrogen and oxygen atoms in total. The molecule has 0 aliphatic heterocycles. The molecule has 2 N–H and O–H groups in total. The molecule has 0 saturated heterocycles. The maximum absolute atomic E-state index is 10.1. The number of hydrogen-bond acceptors (Lipinski definition) is 2. The third-order valence-corrected chi connectivity index (χ3v) is 3.89. The van der Waals surface area contributed by atoms with Crippen LogP contribution in [0, 0.1) is 23.7 Å². The summed E-state index contributed by atoms with van der Waals surface area (Å²) in [7, 11) is 0. The van der Waals surface area contributed by atoms with Gasteiger partial charge in [-0.15, -0.1) is 0 Å². The molecule has 15 heavy (non-hydrogen) atoms. The summed E-state index contributed by atoms with van der Waals surface area (Å²) in [6, 6.07) is 0. The maximum atomic E-state index is 10.1. The topological polar surface area (TPSA) is 32.3 Å². The van der Waals surface area contributed by atoms with E-state index < -0.39 is 0 Å². The van der Waals surface area contributed by atoms with Gasteiger partial charge in [0.2, 0.25) is 0 Å². The van der Waals surface area contributed by atoms with Crippen LogP contribution in [0.3, 0.4) is 0 Å². The summed E-state index contributed by atoms with van der Waals surface area (Å²) in [5.74, 6) is 2.61. The van der Waals surface area contributed by atoms with Crippen molar-refractivity contribution in [2.45, 2.75) is 53.2 Å². The molecule has 0 amide bonds. The lowest BCUT2D eigenvalue weighted by molar-refractivity contribution is -0.00312. The van der Waals surface area contributed by atoms with Gasteiger partial charge in [-0.3, -0.25) is 5.32 Å². The minimum atomic E-state index is -0.301. The van der Waals surface area contributed by atoms with Gasteiger partial charge in [0.25, 0.3) is 0 Å². The van der Waals surface area contributed by atoms with Gasteiger partial charge in [-0.25, -0.2) is 0 Å². The van der Waals surface area contributed by atoms with Crippen molar-refractivity contribution >= 4 is 0 Å².